The average molecular weight is 161 g/mol. The Morgan fingerprint density at radius 2 is 2.00 bits per heavy atom. The summed E-state index contributed by atoms with van der Waals surface area (Å²) < 4.78 is 22.6. The van der Waals surface area contributed by atoms with Crippen LogP contribution in [-0.2, 0) is 4.79 Å². The van der Waals surface area contributed by atoms with Crippen LogP contribution in [0.25, 0.3) is 0 Å². The van der Waals surface area contributed by atoms with Gasteiger partial charge in [0.25, 0.3) is 6.43 Å². The topological polar surface area (TPSA) is 17.1 Å². The van der Waals surface area contributed by atoms with Gasteiger partial charge < -0.3 is 0 Å². The molecule has 0 aliphatic heterocycles. The minimum absolute atomic E-state index is 1.12. The Bertz CT molecular complexity index is 97.3. The van der Waals surface area contributed by atoms with E-state index in [0.717, 1.165) is 0 Å². The van der Waals surface area contributed by atoms with Gasteiger partial charge in [-0.25, -0.2) is 8.78 Å². The van der Waals surface area contributed by atoms with E-state index in [0.29, 0.717) is 0 Å². The monoisotopic (exact) mass is 160 g/mol. The van der Waals surface area contributed by atoms with Gasteiger partial charge in [-0.15, -0.1) is 0 Å². The van der Waals surface area contributed by atoms with Crippen molar-refractivity contribution in [3.63, 3.8) is 0 Å². The van der Waals surface area contributed by atoms with Crippen LogP contribution in [0, 0.1) is 0 Å². The molecule has 5 heteroatoms. The van der Waals surface area contributed by atoms with E-state index in [1.807, 2.05) is 0 Å². The van der Waals surface area contributed by atoms with E-state index in [4.69, 9.17) is 0 Å². The highest BCUT2D eigenvalue weighted by Gasteiger charge is 2.21. The van der Waals surface area contributed by atoms with Crippen LogP contribution in [-0.4, -0.2) is 16.9 Å². The van der Waals surface area contributed by atoms with E-state index in [1.165, 1.54) is 0 Å². The molecule has 1 nitrogen and oxygen atoms in total. The second-order valence-corrected chi connectivity index (χ2v) is 2.01. The number of carbonyl (C=O) groups is 1. The van der Waals surface area contributed by atoms with Crippen LogP contribution in [0.15, 0.2) is 0 Å². The predicted molar refractivity (Wildman–Crippen MR) is 29.6 cm³/mol. The summed E-state index contributed by atoms with van der Waals surface area (Å²) in [6.07, 6.45) is -2.77. The molecule has 1 atom stereocenters. The van der Waals surface area contributed by atoms with Crippen molar-refractivity contribution in [1.82, 2.24) is 0 Å². The number of hydrogen-bond donors (Lipinski definition) is 1. The normalized spacial score (nSPS) is 14.1. The summed E-state index contributed by atoms with van der Waals surface area (Å²) in [6.45, 7) is 0. The van der Waals surface area contributed by atoms with Crippen molar-refractivity contribution in [2.45, 2.75) is 11.7 Å². The Morgan fingerprint density at radius 1 is 1.62 bits per heavy atom. The van der Waals surface area contributed by atoms with Gasteiger partial charge in [0.2, 0.25) is 5.24 Å². The van der Waals surface area contributed by atoms with Crippen LogP contribution in [0.5, 0.6) is 0 Å². The lowest BCUT2D eigenvalue weighted by Gasteiger charge is -1.99. The maximum absolute atomic E-state index is 11.3. The van der Waals surface area contributed by atoms with Crippen LogP contribution in [0.2, 0.25) is 0 Å². The van der Waals surface area contributed by atoms with Gasteiger partial charge in [0.15, 0.2) is 0 Å². The largest absolute Gasteiger partial charge is 0.280 e. The minimum Gasteiger partial charge on any atom is -0.280 e. The molecule has 8 heavy (non-hydrogen) atoms. The van der Waals surface area contributed by atoms with Crippen molar-refractivity contribution in [3.05, 3.63) is 0 Å². The number of carbonyl (C=O) groups excluding carboxylic acids is 1. The van der Waals surface area contributed by atoms with Crippen molar-refractivity contribution in [2.24, 2.45) is 0 Å². The van der Waals surface area contributed by atoms with Crippen molar-refractivity contribution >= 4 is 29.5 Å². The Balaban J connectivity index is 3.64. The number of alkyl halides is 2. The zero-order valence-electron chi connectivity index (χ0n) is 3.64. The van der Waals surface area contributed by atoms with E-state index < -0.39 is 16.9 Å². The summed E-state index contributed by atoms with van der Waals surface area (Å²) in [5.41, 5.74) is 0. The Morgan fingerprint density at radius 3 is 2.00 bits per heavy atom. The SMILES string of the molecule is O=C(Cl)C(S)C(F)F. The predicted octanol–water partition coefficient (Wildman–Crippen LogP) is 1.32. The average Bonchev–Trinajstić information content (AvgIpc) is 1.64. The first-order chi connectivity index (χ1) is 3.55. The summed E-state index contributed by atoms with van der Waals surface area (Å²) in [6, 6.07) is 0. The van der Waals surface area contributed by atoms with Crippen molar-refractivity contribution in [1.29, 1.82) is 0 Å². The summed E-state index contributed by atoms with van der Waals surface area (Å²) in [4.78, 5) is 9.79. The van der Waals surface area contributed by atoms with E-state index in [1.54, 1.807) is 0 Å². The quantitative estimate of drug-likeness (QED) is 0.476. The van der Waals surface area contributed by atoms with E-state index in [-0.39, 0.29) is 0 Å². The smallest absolute Gasteiger partial charge is 0.258 e. The maximum atomic E-state index is 11.3. The molecule has 0 N–H and O–H groups in total. The first-order valence-corrected chi connectivity index (χ1v) is 2.60. The lowest BCUT2D eigenvalue weighted by molar-refractivity contribution is -0.113. The Labute approximate surface area is 55.4 Å². The third-order valence-electron chi connectivity index (χ3n) is 0.471. The molecule has 0 bridgehead atoms. The highest BCUT2D eigenvalue weighted by molar-refractivity contribution is 7.82. The van der Waals surface area contributed by atoms with Crippen LogP contribution in [0.3, 0.4) is 0 Å². The zero-order valence-corrected chi connectivity index (χ0v) is 5.29. The first kappa shape index (κ1) is 8.17. The Hall–Kier alpha value is 0.170. The summed E-state index contributed by atoms with van der Waals surface area (Å²) in [5.74, 6) is 0. The van der Waals surface area contributed by atoms with Gasteiger partial charge in [-0.05, 0) is 11.6 Å². The molecule has 0 aromatic rings. The summed E-state index contributed by atoms with van der Waals surface area (Å²) >= 11 is 7.82. The number of halogens is 3. The van der Waals surface area contributed by atoms with Gasteiger partial charge in [-0.2, -0.15) is 12.6 Å². The van der Waals surface area contributed by atoms with E-state index in [2.05, 4.69) is 24.2 Å². The molecule has 1 unspecified atom stereocenters. The van der Waals surface area contributed by atoms with Crippen LogP contribution in [0.4, 0.5) is 8.78 Å². The third-order valence-corrected chi connectivity index (χ3v) is 1.32. The molecule has 0 aromatic heterocycles. The third kappa shape index (κ3) is 2.47. The van der Waals surface area contributed by atoms with Gasteiger partial charge in [-0.1, -0.05) is 0 Å². The molecular weight excluding hydrogens is 158 g/mol. The highest BCUT2D eigenvalue weighted by Crippen LogP contribution is 2.10. The van der Waals surface area contributed by atoms with Crippen LogP contribution >= 0.6 is 24.2 Å². The fraction of sp³-hybridized carbons (Fsp3) is 0.667. The summed E-state index contributed by atoms with van der Waals surface area (Å²) in [7, 11) is 0. The molecule has 0 rings (SSSR count). The second kappa shape index (κ2) is 3.25. The molecule has 0 radical (unpaired) electrons. The zero-order chi connectivity index (χ0) is 6.73. The molecule has 0 saturated heterocycles. The Kier molecular flexibility index (Phi) is 3.31. The summed E-state index contributed by atoms with van der Waals surface area (Å²) in [5, 5.41) is -2.76. The van der Waals surface area contributed by atoms with E-state index in [9.17, 15) is 13.6 Å². The molecule has 0 aromatic carbocycles. The number of rotatable bonds is 2. The van der Waals surface area contributed by atoms with Gasteiger partial charge in [-0.3, -0.25) is 4.79 Å². The molecule has 0 saturated carbocycles. The molecular formula is C3H3ClF2OS. The van der Waals surface area contributed by atoms with Crippen LogP contribution < -0.4 is 0 Å². The van der Waals surface area contributed by atoms with Crippen molar-refractivity contribution in [2.75, 3.05) is 0 Å². The maximum Gasteiger partial charge on any atom is 0.258 e. The van der Waals surface area contributed by atoms with Gasteiger partial charge in [0, 0.05) is 0 Å². The second-order valence-electron chi connectivity index (χ2n) is 1.08. The molecule has 0 heterocycles. The lowest BCUT2D eigenvalue weighted by Crippen LogP contribution is -2.17. The fourth-order valence-corrected chi connectivity index (χ4v) is 0.194. The van der Waals surface area contributed by atoms with Crippen molar-refractivity contribution < 1.29 is 13.6 Å². The molecule has 0 aliphatic rings. The fourth-order valence-electron chi connectivity index (χ4n) is 0.0991. The minimum atomic E-state index is -2.77. The van der Waals surface area contributed by atoms with E-state index >= 15 is 0 Å². The van der Waals surface area contributed by atoms with Crippen LogP contribution in [0.1, 0.15) is 0 Å². The van der Waals surface area contributed by atoms with Crippen molar-refractivity contribution in [3.8, 4) is 0 Å². The van der Waals surface area contributed by atoms with Gasteiger partial charge in [0.1, 0.15) is 5.25 Å². The molecule has 0 fully saturated rings. The standard InChI is InChI=1S/C3H3ClF2OS/c4-2(7)1(8)3(5)6/h1,3,8H. The number of thiol groups is 1. The molecule has 0 aliphatic carbocycles. The highest BCUT2D eigenvalue weighted by atomic mass is 35.5. The molecule has 0 amide bonds. The number of hydrogen-bond acceptors (Lipinski definition) is 2. The molecule has 0 spiro atoms. The van der Waals surface area contributed by atoms with Gasteiger partial charge in [0.05, 0.1) is 0 Å². The lowest BCUT2D eigenvalue weighted by atomic mass is 10.5. The van der Waals surface area contributed by atoms with Gasteiger partial charge >= 0.3 is 0 Å². The molecule has 48 valence electrons. The first-order valence-electron chi connectivity index (χ1n) is 1.71.